The second-order valence-electron chi connectivity index (χ2n) is 5.94. The van der Waals surface area contributed by atoms with Gasteiger partial charge in [-0.2, -0.15) is 0 Å². The van der Waals surface area contributed by atoms with Gasteiger partial charge in [0.25, 0.3) is 0 Å². The molecule has 2 aliphatic rings. The van der Waals surface area contributed by atoms with Crippen LogP contribution in [0.5, 0.6) is 0 Å². The number of allylic oxidation sites excluding steroid dienone is 1. The summed E-state index contributed by atoms with van der Waals surface area (Å²) in [6, 6.07) is 7.34. The van der Waals surface area contributed by atoms with Gasteiger partial charge < -0.3 is 4.74 Å². The van der Waals surface area contributed by atoms with Crippen molar-refractivity contribution >= 4 is 23.4 Å². The van der Waals surface area contributed by atoms with Crippen LogP contribution in [-0.4, -0.2) is 43.4 Å². The number of carbonyl (C=O) groups excluding carboxylic acids is 2. The fourth-order valence-electron chi connectivity index (χ4n) is 3.08. The predicted octanol–water partition coefficient (Wildman–Crippen LogP) is 2.52. The van der Waals surface area contributed by atoms with Gasteiger partial charge >= 0.3 is 5.97 Å². The van der Waals surface area contributed by atoms with Crippen LogP contribution in [0.2, 0.25) is 5.02 Å². The minimum atomic E-state index is -0.888. The lowest BCUT2D eigenvalue weighted by molar-refractivity contribution is -0.145. The van der Waals surface area contributed by atoms with E-state index < -0.39 is 5.41 Å². The van der Waals surface area contributed by atoms with Gasteiger partial charge in [0.15, 0.2) is 5.78 Å². The van der Waals surface area contributed by atoms with E-state index in [1.807, 2.05) is 36.4 Å². The van der Waals surface area contributed by atoms with Crippen molar-refractivity contribution in [2.24, 2.45) is 0 Å². The molecule has 3 rings (SSSR count). The highest BCUT2D eigenvalue weighted by atomic mass is 35.5. The quantitative estimate of drug-likeness (QED) is 0.795. The van der Waals surface area contributed by atoms with Crippen molar-refractivity contribution in [3.05, 3.63) is 58.7 Å². The number of halogens is 1. The average molecular weight is 332 g/mol. The number of ether oxygens (including phenoxy) is 1. The fourth-order valence-corrected chi connectivity index (χ4v) is 3.39. The molecule has 1 aliphatic heterocycles. The SMILES string of the molecule is COC(=O)[C@@]1(c2ccccc2Cl)C=CC(CN2CC(=O)C2)=CC1. The Hall–Kier alpha value is -1.91. The van der Waals surface area contributed by atoms with Crippen LogP contribution in [0.25, 0.3) is 0 Å². The van der Waals surface area contributed by atoms with Gasteiger partial charge in [0, 0.05) is 11.6 Å². The molecule has 0 saturated carbocycles. The molecule has 1 aromatic rings. The number of methoxy groups -OCH3 is 1. The zero-order valence-electron chi connectivity index (χ0n) is 12.9. The first-order chi connectivity index (χ1) is 11.0. The molecule has 23 heavy (non-hydrogen) atoms. The van der Waals surface area contributed by atoms with Gasteiger partial charge in [0.05, 0.1) is 20.2 Å². The first-order valence-corrected chi connectivity index (χ1v) is 7.89. The van der Waals surface area contributed by atoms with Gasteiger partial charge in [0.2, 0.25) is 0 Å². The normalized spacial score (nSPS) is 24.1. The number of hydrogen-bond acceptors (Lipinski definition) is 4. The van der Waals surface area contributed by atoms with Crippen molar-refractivity contribution < 1.29 is 14.3 Å². The van der Waals surface area contributed by atoms with Crippen molar-refractivity contribution in [1.82, 2.24) is 4.90 Å². The number of likely N-dealkylation sites (tertiary alicyclic amines) is 1. The summed E-state index contributed by atoms with van der Waals surface area (Å²) in [4.78, 5) is 25.6. The minimum absolute atomic E-state index is 0.269. The highest BCUT2D eigenvalue weighted by Gasteiger charge is 2.41. The number of nitrogens with zero attached hydrogens (tertiary/aromatic N) is 1. The van der Waals surface area contributed by atoms with E-state index in [1.54, 1.807) is 6.07 Å². The lowest BCUT2D eigenvalue weighted by Gasteiger charge is -2.33. The van der Waals surface area contributed by atoms with Gasteiger partial charge in [-0.3, -0.25) is 14.5 Å². The summed E-state index contributed by atoms with van der Waals surface area (Å²) in [6.07, 6.45) is 6.34. The summed E-state index contributed by atoms with van der Waals surface area (Å²) >= 11 is 6.31. The Morgan fingerprint density at radius 2 is 2.09 bits per heavy atom. The van der Waals surface area contributed by atoms with Crippen LogP contribution >= 0.6 is 11.6 Å². The summed E-state index contributed by atoms with van der Waals surface area (Å²) in [6.45, 7) is 1.75. The maximum atomic E-state index is 12.5. The average Bonchev–Trinajstić information content (AvgIpc) is 2.54. The molecule has 1 aromatic carbocycles. The van der Waals surface area contributed by atoms with E-state index in [4.69, 9.17) is 16.3 Å². The number of esters is 1. The molecule has 0 amide bonds. The highest BCUT2D eigenvalue weighted by molar-refractivity contribution is 6.31. The standard InChI is InChI=1S/C18H18ClNO3/c1-23-17(22)18(15-4-2-3-5-16(15)19)8-6-13(7-9-18)10-20-11-14(21)12-20/h2-8H,9-12H2,1H3/t18-/m0/s1. The molecule has 1 aliphatic carbocycles. The molecule has 0 spiro atoms. The third-order valence-corrected chi connectivity index (χ3v) is 4.71. The largest absolute Gasteiger partial charge is 0.468 e. The summed E-state index contributed by atoms with van der Waals surface area (Å²) in [5.41, 5.74) is 0.963. The number of rotatable bonds is 4. The monoisotopic (exact) mass is 331 g/mol. The van der Waals surface area contributed by atoms with Gasteiger partial charge in [-0.1, -0.05) is 48.0 Å². The molecule has 1 fully saturated rings. The van der Waals surface area contributed by atoms with E-state index in [2.05, 4.69) is 4.90 Å². The number of hydrogen-bond donors (Lipinski definition) is 0. The maximum Gasteiger partial charge on any atom is 0.320 e. The van der Waals surface area contributed by atoms with Gasteiger partial charge in [-0.25, -0.2) is 0 Å². The Morgan fingerprint density at radius 3 is 2.65 bits per heavy atom. The molecule has 5 heteroatoms. The molecule has 4 nitrogen and oxygen atoms in total. The van der Waals surface area contributed by atoms with Crippen molar-refractivity contribution in [2.75, 3.05) is 26.7 Å². The van der Waals surface area contributed by atoms with Crippen LogP contribution in [0.4, 0.5) is 0 Å². The third kappa shape index (κ3) is 2.96. The van der Waals surface area contributed by atoms with Gasteiger partial charge in [-0.05, 0) is 23.6 Å². The van der Waals surface area contributed by atoms with Gasteiger partial charge in [-0.15, -0.1) is 0 Å². The number of carbonyl (C=O) groups is 2. The van der Waals surface area contributed by atoms with E-state index >= 15 is 0 Å². The molecule has 0 bridgehead atoms. The minimum Gasteiger partial charge on any atom is -0.468 e. The Kier molecular flexibility index (Phi) is 4.37. The van der Waals surface area contributed by atoms with Crippen molar-refractivity contribution in [2.45, 2.75) is 11.8 Å². The van der Waals surface area contributed by atoms with Crippen LogP contribution in [0, 0.1) is 0 Å². The number of benzene rings is 1. The topological polar surface area (TPSA) is 46.6 Å². The van der Waals surface area contributed by atoms with Crippen molar-refractivity contribution in [1.29, 1.82) is 0 Å². The van der Waals surface area contributed by atoms with E-state index in [0.717, 1.165) is 17.7 Å². The molecule has 0 unspecified atom stereocenters. The third-order valence-electron chi connectivity index (χ3n) is 4.38. The molecule has 1 saturated heterocycles. The Bertz CT molecular complexity index is 702. The van der Waals surface area contributed by atoms with Crippen molar-refractivity contribution in [3.8, 4) is 0 Å². The smallest absolute Gasteiger partial charge is 0.320 e. The van der Waals surface area contributed by atoms with Crippen LogP contribution in [-0.2, 0) is 19.7 Å². The molecule has 0 aromatic heterocycles. The summed E-state index contributed by atoms with van der Waals surface area (Å²) in [5, 5.41) is 0.549. The molecular weight excluding hydrogens is 314 g/mol. The summed E-state index contributed by atoms with van der Waals surface area (Å²) in [5.74, 6) is -0.0540. The Morgan fingerprint density at radius 1 is 1.35 bits per heavy atom. The lowest BCUT2D eigenvalue weighted by atomic mass is 9.74. The Labute approximate surface area is 140 Å². The molecule has 1 atom stereocenters. The first-order valence-electron chi connectivity index (χ1n) is 7.51. The fraction of sp³-hybridized carbons (Fsp3) is 0.333. The van der Waals surface area contributed by atoms with E-state index in [-0.39, 0.29) is 11.8 Å². The first kappa shape index (κ1) is 16.0. The Balaban J connectivity index is 1.85. The highest BCUT2D eigenvalue weighted by Crippen LogP contribution is 2.39. The lowest BCUT2D eigenvalue weighted by Crippen LogP contribution is -2.48. The van der Waals surface area contributed by atoms with Crippen LogP contribution in [0.3, 0.4) is 0 Å². The van der Waals surface area contributed by atoms with Crippen molar-refractivity contribution in [3.63, 3.8) is 0 Å². The second kappa shape index (κ2) is 6.30. The van der Waals surface area contributed by atoms with Crippen LogP contribution in [0.1, 0.15) is 12.0 Å². The zero-order chi connectivity index (χ0) is 16.4. The molecule has 0 radical (unpaired) electrons. The molecular formula is C18H18ClNO3. The van der Waals surface area contributed by atoms with Crippen LogP contribution < -0.4 is 0 Å². The van der Waals surface area contributed by atoms with Crippen LogP contribution in [0.15, 0.2) is 48.1 Å². The van der Waals surface area contributed by atoms with E-state index in [9.17, 15) is 9.59 Å². The molecule has 1 heterocycles. The van der Waals surface area contributed by atoms with E-state index in [1.165, 1.54) is 7.11 Å². The number of Topliss-reactive ketones (excluding diaryl/α,β-unsaturated/α-hetero) is 1. The molecule has 120 valence electrons. The molecule has 0 N–H and O–H groups in total. The van der Waals surface area contributed by atoms with Gasteiger partial charge in [0.1, 0.15) is 5.41 Å². The maximum absolute atomic E-state index is 12.5. The second-order valence-corrected chi connectivity index (χ2v) is 6.35. The predicted molar refractivity (Wildman–Crippen MR) is 88.4 cm³/mol. The number of ketones is 1. The summed E-state index contributed by atoms with van der Waals surface area (Å²) < 4.78 is 5.03. The summed E-state index contributed by atoms with van der Waals surface area (Å²) in [7, 11) is 1.39. The van der Waals surface area contributed by atoms with E-state index in [0.29, 0.717) is 24.5 Å². The zero-order valence-corrected chi connectivity index (χ0v) is 13.7.